The number of carbonyl (C=O) groups is 1. The molecule has 2 unspecified atom stereocenters. The summed E-state index contributed by atoms with van der Waals surface area (Å²) in [6.07, 6.45) is -2.10. The molecule has 346 valence electrons. The number of fused-ring (bicyclic) bond motifs is 1. The van der Waals surface area contributed by atoms with Crippen molar-refractivity contribution in [3.05, 3.63) is 205 Å². The fourth-order valence-corrected chi connectivity index (χ4v) is 15.7. The molecule has 0 bridgehead atoms. The minimum absolute atomic E-state index is 0.0159. The average molecular weight is 946 g/mol. The number of nitrogens with two attached hydrogens (primary N) is 1. The van der Waals surface area contributed by atoms with Gasteiger partial charge in [0.15, 0.2) is 23.4 Å². The fraction of sp³-hybridized carbons (Fsp3) is 0.208. The van der Waals surface area contributed by atoms with Gasteiger partial charge in [-0.15, -0.1) is 0 Å². The first-order valence-corrected chi connectivity index (χ1v) is 26.8. The number of benzene rings is 6. The second-order valence-corrected chi connectivity index (χ2v) is 23.2. The highest BCUT2D eigenvalue weighted by atomic mass is 31.2. The smallest absolute Gasteiger partial charge is 0.328 e. The normalized spacial score (nSPS) is 17.6. The van der Waals surface area contributed by atoms with Crippen LogP contribution in [-0.4, -0.2) is 77.0 Å². The van der Waals surface area contributed by atoms with Crippen LogP contribution in [0.1, 0.15) is 39.7 Å². The Morgan fingerprint density at radius 3 is 1.82 bits per heavy atom. The summed E-state index contributed by atoms with van der Waals surface area (Å²) in [4.78, 5) is 40.8. The van der Waals surface area contributed by atoms with Crippen LogP contribution >= 0.6 is 7.60 Å². The van der Waals surface area contributed by atoms with Crippen LogP contribution in [0, 0.1) is 0 Å². The molecule has 1 aliphatic rings. The summed E-state index contributed by atoms with van der Waals surface area (Å²) in [5.74, 6) is 0.974. The molecule has 0 spiro atoms. The van der Waals surface area contributed by atoms with Crippen molar-refractivity contribution in [1.29, 1.82) is 0 Å². The third kappa shape index (κ3) is 9.26. The van der Waals surface area contributed by atoms with Crippen molar-refractivity contribution < 1.29 is 37.7 Å². The minimum atomic E-state index is -4.47. The van der Waals surface area contributed by atoms with Crippen LogP contribution in [0.4, 0.5) is 5.82 Å². The van der Waals surface area contributed by atoms with Gasteiger partial charge in [-0.1, -0.05) is 163 Å². The van der Waals surface area contributed by atoms with Crippen molar-refractivity contribution in [2.45, 2.75) is 49.2 Å². The largest absolute Gasteiger partial charge is 0.497 e. The van der Waals surface area contributed by atoms with E-state index in [1.165, 1.54) is 12.7 Å². The molecule has 6 aromatic carbocycles. The number of imidazole rings is 1. The number of Topliss-reactive ketones (excluding diaryl/α,β-unsaturated/α-hetero) is 1. The lowest BCUT2D eigenvalue weighted by atomic mass is 9.79. The number of carbonyl (C=O) groups excluding carboxylic acids is 1. The third-order valence-electron chi connectivity index (χ3n) is 12.9. The molecule has 2 aromatic heterocycles. The van der Waals surface area contributed by atoms with Gasteiger partial charge >= 0.3 is 7.60 Å². The van der Waals surface area contributed by atoms with E-state index < -0.39 is 51.6 Å². The maximum atomic E-state index is 15.6. The Morgan fingerprint density at radius 2 is 1.28 bits per heavy atom. The van der Waals surface area contributed by atoms with E-state index in [-0.39, 0.29) is 18.4 Å². The standard InChI is InChI=1S/C53H52N5O8PSi/c1-62-41-28-24-39(25-29-41)53(38-18-10-5-11-19-38,40-26-30-42(63-2)31-27-40)65-50(48(59)37-16-8-4-9-17-37)49-45(34-46(64-49)58-36-57-47-51(54)55-35-56-52(47)58)66-67(60,61)32-33-68(3,43-20-12-6-13-21-43)44-22-14-7-15-23-44/h4-31,35-36,45-46,49-50H,32-34H2,1-3H3,(H,60,61)(H2,54,55,56)/t45-,46+,49-,50?/m0/s1. The molecule has 13 nitrogen and oxygen atoms in total. The first-order chi connectivity index (χ1) is 33.0. The Bertz CT molecular complexity index is 2920. The first kappa shape index (κ1) is 46.3. The zero-order valence-electron chi connectivity index (χ0n) is 37.9. The van der Waals surface area contributed by atoms with Gasteiger partial charge in [0.05, 0.1) is 20.5 Å². The highest BCUT2D eigenvalue weighted by Gasteiger charge is 2.52. The number of hydrogen-bond acceptors (Lipinski definition) is 11. The number of methoxy groups -OCH3 is 2. The number of nitrogen functional groups attached to an aromatic ring is 1. The van der Waals surface area contributed by atoms with E-state index in [0.29, 0.717) is 51.0 Å². The lowest BCUT2D eigenvalue weighted by molar-refractivity contribution is -0.124. The second-order valence-electron chi connectivity index (χ2n) is 17.0. The number of ketones is 1. The molecule has 0 saturated carbocycles. The maximum absolute atomic E-state index is 15.6. The molecule has 0 aliphatic carbocycles. The summed E-state index contributed by atoms with van der Waals surface area (Å²) < 4.78 is 49.0. The van der Waals surface area contributed by atoms with Gasteiger partial charge < -0.3 is 34.1 Å². The molecule has 0 radical (unpaired) electrons. The number of hydrogen-bond donors (Lipinski definition) is 2. The van der Waals surface area contributed by atoms with Crippen LogP contribution in [0.3, 0.4) is 0 Å². The summed E-state index contributed by atoms with van der Waals surface area (Å²) in [6.45, 7) is 2.21. The summed E-state index contributed by atoms with van der Waals surface area (Å²) in [5, 5.41) is 2.25. The predicted molar refractivity (Wildman–Crippen MR) is 264 cm³/mol. The fourth-order valence-electron chi connectivity index (χ4n) is 9.24. The highest BCUT2D eigenvalue weighted by Crippen LogP contribution is 2.51. The van der Waals surface area contributed by atoms with Gasteiger partial charge in [-0.05, 0) is 47.0 Å². The molecular weight excluding hydrogens is 894 g/mol. The molecule has 5 atom stereocenters. The average Bonchev–Trinajstić information content (AvgIpc) is 4.02. The number of ether oxygens (including phenoxy) is 4. The number of aromatic nitrogens is 4. The van der Waals surface area contributed by atoms with E-state index in [4.69, 9.17) is 29.2 Å². The molecule has 68 heavy (non-hydrogen) atoms. The van der Waals surface area contributed by atoms with Gasteiger partial charge in [0.2, 0.25) is 0 Å². The van der Waals surface area contributed by atoms with Crippen molar-refractivity contribution >= 4 is 48.8 Å². The van der Waals surface area contributed by atoms with Crippen LogP contribution in [0.2, 0.25) is 12.6 Å². The number of rotatable bonds is 18. The molecule has 3 N–H and O–H groups in total. The van der Waals surface area contributed by atoms with E-state index in [2.05, 4.69) is 45.8 Å². The van der Waals surface area contributed by atoms with Gasteiger partial charge in [0.1, 0.15) is 55.5 Å². The molecule has 1 saturated heterocycles. The topological polar surface area (TPSA) is 170 Å². The van der Waals surface area contributed by atoms with E-state index in [1.807, 2.05) is 121 Å². The van der Waals surface area contributed by atoms with Crippen LogP contribution in [0.5, 0.6) is 11.5 Å². The van der Waals surface area contributed by atoms with Crippen molar-refractivity contribution in [3.8, 4) is 11.5 Å². The van der Waals surface area contributed by atoms with E-state index in [9.17, 15) is 9.46 Å². The monoisotopic (exact) mass is 945 g/mol. The molecule has 3 heterocycles. The highest BCUT2D eigenvalue weighted by molar-refractivity contribution is 7.53. The van der Waals surface area contributed by atoms with Crippen LogP contribution < -0.4 is 25.6 Å². The third-order valence-corrected chi connectivity index (χ3v) is 19.2. The Kier molecular flexibility index (Phi) is 13.5. The van der Waals surface area contributed by atoms with Crippen molar-refractivity contribution in [1.82, 2.24) is 19.5 Å². The van der Waals surface area contributed by atoms with Gasteiger partial charge in [0.25, 0.3) is 0 Å². The Hall–Kier alpha value is -6.77. The second kappa shape index (κ2) is 19.8. The minimum Gasteiger partial charge on any atom is -0.497 e. The van der Waals surface area contributed by atoms with E-state index in [1.54, 1.807) is 43.1 Å². The molecule has 15 heteroatoms. The van der Waals surface area contributed by atoms with Crippen molar-refractivity contribution in [3.63, 3.8) is 0 Å². The quantitative estimate of drug-likeness (QED) is 0.0365. The molecule has 1 fully saturated rings. The summed E-state index contributed by atoms with van der Waals surface area (Å²) in [6, 6.07) is 54.0. The lowest BCUT2D eigenvalue weighted by Gasteiger charge is -2.41. The Labute approximate surface area is 396 Å². The van der Waals surface area contributed by atoms with Crippen LogP contribution in [0.15, 0.2) is 183 Å². The molecule has 8 aromatic rings. The Morgan fingerprint density at radius 1 is 0.765 bits per heavy atom. The summed E-state index contributed by atoms with van der Waals surface area (Å²) >= 11 is 0. The summed E-state index contributed by atoms with van der Waals surface area (Å²) in [5.41, 5.74) is 7.83. The van der Waals surface area contributed by atoms with Crippen LogP contribution in [-0.2, 0) is 24.2 Å². The predicted octanol–water partition coefficient (Wildman–Crippen LogP) is 8.44. The molecular formula is C53H52N5O8PSi. The zero-order valence-corrected chi connectivity index (χ0v) is 39.8. The molecule has 9 rings (SSSR count). The van der Waals surface area contributed by atoms with Gasteiger partial charge in [-0.3, -0.25) is 13.9 Å². The zero-order chi connectivity index (χ0) is 47.3. The number of nitrogens with zero attached hydrogens (tertiary/aromatic N) is 4. The van der Waals surface area contributed by atoms with Crippen molar-refractivity contribution in [2.75, 3.05) is 26.1 Å². The maximum Gasteiger partial charge on any atom is 0.328 e. The summed E-state index contributed by atoms with van der Waals surface area (Å²) in [7, 11) is -3.88. The molecule has 0 amide bonds. The van der Waals surface area contributed by atoms with Gasteiger partial charge in [-0.2, -0.15) is 0 Å². The Balaban J connectivity index is 1.19. The molecule has 1 aliphatic heterocycles. The van der Waals surface area contributed by atoms with Gasteiger partial charge in [0, 0.05) is 18.1 Å². The SMILES string of the molecule is COc1ccc(C(OC(C(=O)c2ccccc2)[C@H]2O[C@@H](n3cnc4c(N)ncnc43)C[C@@H]2OP(=O)(O)CC[Si](C)(c2ccccc2)c2ccccc2)(c2ccccc2)c2ccc(OC)cc2)cc1. The lowest BCUT2D eigenvalue weighted by Crippen LogP contribution is -2.56. The van der Waals surface area contributed by atoms with Gasteiger partial charge in [-0.25, -0.2) is 15.0 Å². The van der Waals surface area contributed by atoms with E-state index >= 15 is 4.79 Å². The van der Waals surface area contributed by atoms with Crippen molar-refractivity contribution in [2.24, 2.45) is 0 Å². The first-order valence-electron chi connectivity index (χ1n) is 22.3. The number of anilines is 1. The van der Waals surface area contributed by atoms with E-state index in [0.717, 1.165) is 10.4 Å². The van der Waals surface area contributed by atoms with Crippen LogP contribution in [0.25, 0.3) is 11.2 Å².